The molecule has 0 amide bonds. The van der Waals surface area contributed by atoms with Crippen molar-refractivity contribution in [1.29, 1.82) is 0 Å². The molecule has 3 aliphatic rings. The van der Waals surface area contributed by atoms with Crippen LogP contribution in [0.1, 0.15) is 19.3 Å². The van der Waals surface area contributed by atoms with Crippen molar-refractivity contribution in [2.75, 3.05) is 94.1 Å². The SMILES string of the molecule is C=C[Si](C)(CO)O[Si](C)(C=C)O[Si](C)(C=C)O[Si](C)(C=C)O[Si](C)(C=C)O[Si](CCCOCC1CO1)(OC)O[Si](CCCOCC1CO1)(OC)O[Si](CCCOCC1CO1)(OC)O[Si](C)(C)O[Si](C)(C)OC. The van der Waals surface area contributed by atoms with E-state index in [1.54, 1.807) is 56.9 Å². The van der Waals surface area contributed by atoms with E-state index in [0.717, 1.165) is 0 Å². The number of aliphatic hydroxyl groups excluding tert-OH is 1. The summed E-state index contributed by atoms with van der Waals surface area (Å²) < 4.78 is 123. The number of rotatable bonds is 46. The van der Waals surface area contributed by atoms with Crippen LogP contribution in [0.15, 0.2) is 61.4 Å². The lowest BCUT2D eigenvalue weighted by Crippen LogP contribution is -2.68. The van der Waals surface area contributed by atoms with E-state index in [1.165, 1.54) is 0 Å². The molecule has 0 aliphatic carbocycles. The molecule has 0 aromatic carbocycles. The number of epoxide rings is 3. The van der Waals surface area contributed by atoms with Gasteiger partial charge in [0.2, 0.25) is 8.32 Å². The highest BCUT2D eigenvalue weighted by atomic mass is 28.5. The molecule has 72 heavy (non-hydrogen) atoms. The molecule has 3 fully saturated rings. The van der Waals surface area contributed by atoms with Gasteiger partial charge in [-0.05, 0) is 78.2 Å². The minimum atomic E-state index is -4.08. The first-order valence-electron chi connectivity index (χ1n) is 24.6. The Morgan fingerprint density at radius 3 is 1.03 bits per heavy atom. The average Bonchev–Trinajstić information content (AvgIpc) is 4.17. The molecule has 0 bridgehead atoms. The summed E-state index contributed by atoms with van der Waals surface area (Å²) in [4.78, 5) is 0. The van der Waals surface area contributed by atoms with Crippen LogP contribution in [0.5, 0.6) is 0 Å². The molecule has 0 aromatic heterocycles. The molecule has 0 saturated carbocycles. The molecular formula is C42H90O20Si10. The highest BCUT2D eigenvalue weighted by Gasteiger charge is 2.62. The van der Waals surface area contributed by atoms with Crippen LogP contribution in [-0.2, 0) is 83.2 Å². The minimum absolute atomic E-state index is 0.0769. The topological polar surface area (TPSA) is 205 Å². The van der Waals surface area contributed by atoms with Gasteiger partial charge in [-0.1, -0.05) is 28.5 Å². The van der Waals surface area contributed by atoms with Crippen LogP contribution in [0.3, 0.4) is 0 Å². The Kier molecular flexibility index (Phi) is 27.0. The lowest BCUT2D eigenvalue weighted by atomic mass is 10.5. The van der Waals surface area contributed by atoms with E-state index in [9.17, 15) is 5.11 Å². The molecule has 11 atom stereocenters. The fourth-order valence-corrected chi connectivity index (χ4v) is 49.5. The van der Waals surface area contributed by atoms with Gasteiger partial charge in [0.1, 0.15) is 18.3 Å². The Morgan fingerprint density at radius 1 is 0.417 bits per heavy atom. The van der Waals surface area contributed by atoms with E-state index in [4.69, 9.17) is 83.2 Å². The lowest BCUT2D eigenvalue weighted by Gasteiger charge is -2.46. The van der Waals surface area contributed by atoms with Crippen LogP contribution in [0, 0.1) is 0 Å². The molecule has 3 aliphatic heterocycles. The van der Waals surface area contributed by atoms with Gasteiger partial charge in [-0.25, -0.2) is 0 Å². The standard InChI is InChI=1S/C42H90O20Si10/c1-19-65(14,39-43)56-66(15,20-2)57-67(16,21-3)58-68(17,22-4)59-69(18,23-5)60-71(46-8,31-25-28-49-34-41-37-52-41)62-72(47-9,32-26-29-50-35-42-38-53-42)61-70(45-7,30-24-27-48-33-40-36-51-40)55-64(12,13)54-63(10,11)44-6/h19-23,40-43H,1-5,24-39H2,6-18H3. The summed E-state index contributed by atoms with van der Waals surface area (Å²) in [5.41, 5.74) is 8.33. The zero-order chi connectivity index (χ0) is 54.0. The van der Waals surface area contributed by atoms with E-state index in [1.807, 2.05) is 58.9 Å². The number of ether oxygens (including phenoxy) is 6. The van der Waals surface area contributed by atoms with Crippen molar-refractivity contribution in [2.24, 2.45) is 0 Å². The molecule has 1 N–H and O–H groups in total. The van der Waals surface area contributed by atoms with Crippen LogP contribution >= 0.6 is 0 Å². The molecule has 0 spiro atoms. The third kappa shape index (κ3) is 23.2. The van der Waals surface area contributed by atoms with Crippen molar-refractivity contribution in [2.45, 2.75) is 115 Å². The Labute approximate surface area is 442 Å². The molecule has 3 saturated heterocycles. The van der Waals surface area contributed by atoms with Gasteiger partial charge in [0.05, 0.1) is 45.9 Å². The Bertz CT molecular complexity index is 1710. The Hall–Kier alpha value is 0.0688. The first-order valence-corrected chi connectivity index (χ1v) is 48.3. The largest absolute Gasteiger partial charge is 0.486 e. The van der Waals surface area contributed by atoms with Crippen molar-refractivity contribution in [3.05, 3.63) is 61.4 Å². The monoisotopic (exact) mass is 1190 g/mol. The van der Waals surface area contributed by atoms with Crippen molar-refractivity contribution in [1.82, 2.24) is 0 Å². The van der Waals surface area contributed by atoms with Gasteiger partial charge in [-0.2, -0.15) is 0 Å². The quantitative estimate of drug-likeness (QED) is 0.0399. The summed E-state index contributed by atoms with van der Waals surface area (Å²) in [5.74, 6) is 0. The van der Waals surface area contributed by atoms with E-state index in [-0.39, 0.29) is 36.6 Å². The van der Waals surface area contributed by atoms with Gasteiger partial charge >= 0.3 is 77.8 Å². The van der Waals surface area contributed by atoms with E-state index >= 15 is 0 Å². The molecule has 20 nitrogen and oxygen atoms in total. The van der Waals surface area contributed by atoms with E-state index < -0.39 is 86.1 Å². The minimum Gasteiger partial charge on any atom is -0.428 e. The molecule has 0 aromatic rings. The third-order valence-corrected chi connectivity index (χ3v) is 50.0. The maximum absolute atomic E-state index is 10.2. The maximum atomic E-state index is 10.2. The Balaban J connectivity index is 2.13. The summed E-state index contributed by atoms with van der Waals surface area (Å²) in [6.45, 7) is 42.2. The molecule has 3 heterocycles. The van der Waals surface area contributed by atoms with Crippen LogP contribution in [0.4, 0.5) is 0 Å². The van der Waals surface area contributed by atoms with Crippen LogP contribution in [0.2, 0.25) is 77.1 Å². The van der Waals surface area contributed by atoms with Crippen molar-refractivity contribution >= 4 is 86.1 Å². The van der Waals surface area contributed by atoms with Gasteiger partial charge < -0.3 is 88.3 Å². The van der Waals surface area contributed by atoms with Crippen LogP contribution < -0.4 is 0 Å². The van der Waals surface area contributed by atoms with Gasteiger partial charge in [-0.15, -0.1) is 32.9 Å². The van der Waals surface area contributed by atoms with Gasteiger partial charge in [0.15, 0.2) is 0 Å². The molecule has 11 unspecified atom stereocenters. The fraction of sp³-hybridized carbons (Fsp3) is 0.762. The molecule has 30 heteroatoms. The molecule has 418 valence electrons. The first-order chi connectivity index (χ1) is 33.7. The lowest BCUT2D eigenvalue weighted by molar-refractivity contribution is 0.0734. The van der Waals surface area contributed by atoms with Crippen molar-refractivity contribution in [3.63, 3.8) is 0 Å². The summed E-state index contributed by atoms with van der Waals surface area (Å²) in [6.07, 6.45) is 1.55. The predicted molar refractivity (Wildman–Crippen MR) is 296 cm³/mol. The summed E-state index contributed by atoms with van der Waals surface area (Å²) in [6, 6.07) is 0.860. The second kappa shape index (κ2) is 29.3. The molecular weight excluding hydrogens is 1110 g/mol. The predicted octanol–water partition coefficient (Wildman–Crippen LogP) is 6.38. The number of hydrogen-bond donors (Lipinski definition) is 1. The summed E-state index contributed by atoms with van der Waals surface area (Å²) in [7, 11) is -27.9. The molecule has 0 radical (unpaired) electrons. The molecule has 3 rings (SSSR count). The highest BCUT2D eigenvalue weighted by Crippen LogP contribution is 2.37. The third-order valence-electron chi connectivity index (χ3n) is 11.6. The first kappa shape index (κ1) is 66.3. The van der Waals surface area contributed by atoms with Crippen LogP contribution in [0.25, 0.3) is 0 Å². The second-order valence-electron chi connectivity index (χ2n) is 19.5. The smallest absolute Gasteiger partial charge is 0.428 e. The summed E-state index contributed by atoms with van der Waals surface area (Å²) >= 11 is 0. The van der Waals surface area contributed by atoms with Crippen LogP contribution in [-0.4, -0.2) is 204 Å². The van der Waals surface area contributed by atoms with Crippen molar-refractivity contribution < 1.29 is 88.3 Å². The maximum Gasteiger partial charge on any atom is 0.486 e. The van der Waals surface area contributed by atoms with Crippen molar-refractivity contribution in [3.8, 4) is 0 Å². The van der Waals surface area contributed by atoms with E-state index in [2.05, 4.69) is 32.9 Å². The van der Waals surface area contributed by atoms with Gasteiger partial charge in [0, 0.05) is 66.4 Å². The zero-order valence-corrected chi connectivity index (χ0v) is 55.7. The summed E-state index contributed by atoms with van der Waals surface area (Å²) in [5, 5.41) is 10.2. The Morgan fingerprint density at radius 2 is 0.736 bits per heavy atom. The van der Waals surface area contributed by atoms with E-state index in [0.29, 0.717) is 84.8 Å². The second-order valence-corrected chi connectivity index (χ2v) is 52.8. The average molecular weight is 1200 g/mol. The normalized spacial score (nSPS) is 24.6. The zero-order valence-electron chi connectivity index (χ0n) is 45.7. The highest BCUT2D eigenvalue weighted by molar-refractivity contribution is 6.97. The van der Waals surface area contributed by atoms with Gasteiger partial charge in [0.25, 0.3) is 0 Å². The number of aliphatic hydroxyl groups is 1. The fourth-order valence-electron chi connectivity index (χ4n) is 7.27. The van der Waals surface area contributed by atoms with Gasteiger partial charge in [-0.3, -0.25) is 0 Å². The number of hydrogen-bond acceptors (Lipinski definition) is 20.